The molecule has 5 heteroatoms. The minimum absolute atomic E-state index is 0.668. The minimum Gasteiger partial charge on any atom is -0.493 e. The molecule has 104 valence electrons. The molecule has 3 nitrogen and oxygen atoms in total. The Balaban J connectivity index is 2.35. The SMILES string of the molecule is Cl/N=N\c1ccc(OCCCBr)c(-c2ccccc2)c1. The van der Waals surface area contributed by atoms with Crippen LogP contribution in [-0.4, -0.2) is 11.9 Å². The van der Waals surface area contributed by atoms with Gasteiger partial charge in [-0.3, -0.25) is 0 Å². The van der Waals surface area contributed by atoms with Crippen molar-refractivity contribution in [2.24, 2.45) is 9.75 Å². The summed E-state index contributed by atoms with van der Waals surface area (Å²) in [6.45, 7) is 0.668. The van der Waals surface area contributed by atoms with E-state index in [1.165, 1.54) is 0 Å². The summed E-state index contributed by atoms with van der Waals surface area (Å²) >= 11 is 8.69. The number of hydrogen-bond acceptors (Lipinski definition) is 3. The standard InChI is InChI=1S/C15H14BrClN2O/c16-9-4-10-20-15-8-7-13(18-19-17)11-14(15)12-5-2-1-3-6-12/h1-3,5-8,11H,4,9-10H2/b19-18-. The van der Waals surface area contributed by atoms with Crippen LogP contribution in [0.4, 0.5) is 5.69 Å². The Morgan fingerprint density at radius 3 is 2.60 bits per heavy atom. The van der Waals surface area contributed by atoms with Crippen LogP contribution in [0.1, 0.15) is 6.42 Å². The van der Waals surface area contributed by atoms with Gasteiger partial charge in [0.25, 0.3) is 0 Å². The third-order valence-corrected chi connectivity index (χ3v) is 3.37. The van der Waals surface area contributed by atoms with E-state index in [1.807, 2.05) is 48.5 Å². The first-order chi connectivity index (χ1) is 9.85. The van der Waals surface area contributed by atoms with Crippen molar-refractivity contribution >= 4 is 33.4 Å². The molecule has 2 aromatic rings. The molecular weight excluding hydrogens is 340 g/mol. The first-order valence-corrected chi connectivity index (χ1v) is 7.71. The molecule has 0 fully saturated rings. The fraction of sp³-hybridized carbons (Fsp3) is 0.200. The van der Waals surface area contributed by atoms with E-state index in [9.17, 15) is 0 Å². The van der Waals surface area contributed by atoms with Gasteiger partial charge in [0.15, 0.2) is 0 Å². The number of hydrogen-bond donors (Lipinski definition) is 0. The smallest absolute Gasteiger partial charge is 0.127 e. The predicted octanol–water partition coefficient (Wildman–Crippen LogP) is 5.75. The highest BCUT2D eigenvalue weighted by Crippen LogP contribution is 2.33. The molecule has 2 aromatic carbocycles. The molecule has 0 N–H and O–H groups in total. The Bertz CT molecular complexity index is 575. The molecule has 0 saturated heterocycles. The Morgan fingerprint density at radius 1 is 1.10 bits per heavy atom. The molecule has 0 aliphatic rings. The van der Waals surface area contributed by atoms with Crippen molar-refractivity contribution in [2.75, 3.05) is 11.9 Å². The zero-order chi connectivity index (χ0) is 14.2. The maximum Gasteiger partial charge on any atom is 0.127 e. The summed E-state index contributed by atoms with van der Waals surface area (Å²) in [6.07, 6.45) is 0.956. The fourth-order valence-electron chi connectivity index (χ4n) is 1.83. The first kappa shape index (κ1) is 15.0. The van der Waals surface area contributed by atoms with Crippen LogP contribution in [-0.2, 0) is 0 Å². The van der Waals surface area contributed by atoms with Crippen LogP contribution in [0.5, 0.6) is 5.75 Å². The number of benzene rings is 2. The van der Waals surface area contributed by atoms with Gasteiger partial charge in [-0.1, -0.05) is 50.9 Å². The van der Waals surface area contributed by atoms with E-state index in [0.29, 0.717) is 12.3 Å². The molecule has 0 radical (unpaired) electrons. The van der Waals surface area contributed by atoms with Gasteiger partial charge in [0.1, 0.15) is 5.75 Å². The van der Waals surface area contributed by atoms with Crippen molar-refractivity contribution in [3.63, 3.8) is 0 Å². The molecule has 0 aromatic heterocycles. The molecule has 0 spiro atoms. The summed E-state index contributed by atoms with van der Waals surface area (Å²) in [5, 5.41) is 4.78. The van der Waals surface area contributed by atoms with Gasteiger partial charge in [0.2, 0.25) is 0 Å². The number of alkyl halides is 1. The lowest BCUT2D eigenvalue weighted by molar-refractivity contribution is 0.320. The zero-order valence-corrected chi connectivity index (χ0v) is 13.1. The monoisotopic (exact) mass is 352 g/mol. The topological polar surface area (TPSA) is 34.0 Å². The van der Waals surface area contributed by atoms with Crippen LogP contribution in [0, 0.1) is 0 Å². The van der Waals surface area contributed by atoms with Gasteiger partial charge in [0, 0.05) is 10.9 Å². The Hall–Kier alpha value is -1.39. The van der Waals surface area contributed by atoms with Gasteiger partial charge in [0.05, 0.1) is 24.1 Å². The molecular formula is C15H14BrClN2O. The van der Waals surface area contributed by atoms with Gasteiger partial charge >= 0.3 is 0 Å². The van der Waals surface area contributed by atoms with Gasteiger partial charge in [-0.15, -0.1) is 5.11 Å². The molecule has 0 aliphatic carbocycles. The molecule has 0 bridgehead atoms. The van der Waals surface area contributed by atoms with Crippen LogP contribution in [0.2, 0.25) is 0 Å². The average molecular weight is 354 g/mol. The molecule has 2 rings (SSSR count). The first-order valence-electron chi connectivity index (χ1n) is 6.25. The third-order valence-electron chi connectivity index (χ3n) is 2.74. The van der Waals surface area contributed by atoms with Crippen LogP contribution >= 0.6 is 27.7 Å². The van der Waals surface area contributed by atoms with E-state index in [2.05, 4.69) is 25.7 Å². The molecule has 0 atom stereocenters. The van der Waals surface area contributed by atoms with Gasteiger partial charge in [-0.05, 0) is 30.2 Å². The number of nitrogens with zero attached hydrogens (tertiary/aromatic N) is 2. The highest BCUT2D eigenvalue weighted by atomic mass is 79.9. The summed E-state index contributed by atoms with van der Waals surface area (Å²) in [5.41, 5.74) is 2.77. The van der Waals surface area contributed by atoms with Crippen molar-refractivity contribution < 1.29 is 4.74 Å². The normalized spacial score (nSPS) is 10.9. The Morgan fingerprint density at radius 2 is 1.90 bits per heavy atom. The second-order valence-corrected chi connectivity index (χ2v) is 5.06. The van der Waals surface area contributed by atoms with Crippen LogP contribution in [0.3, 0.4) is 0 Å². The lowest BCUT2D eigenvalue weighted by Gasteiger charge is -2.12. The van der Waals surface area contributed by atoms with E-state index in [-0.39, 0.29) is 0 Å². The van der Waals surface area contributed by atoms with Gasteiger partial charge in [-0.2, -0.15) is 0 Å². The molecule has 0 amide bonds. The number of halogens is 2. The predicted molar refractivity (Wildman–Crippen MR) is 86.2 cm³/mol. The van der Waals surface area contributed by atoms with Crippen molar-refractivity contribution in [1.82, 2.24) is 0 Å². The highest BCUT2D eigenvalue weighted by molar-refractivity contribution is 9.09. The maximum atomic E-state index is 5.83. The van der Waals surface area contributed by atoms with Gasteiger partial charge < -0.3 is 4.74 Å². The zero-order valence-electron chi connectivity index (χ0n) is 10.8. The molecule has 0 unspecified atom stereocenters. The summed E-state index contributed by atoms with van der Waals surface area (Å²) in [4.78, 5) is 0. The van der Waals surface area contributed by atoms with Crippen molar-refractivity contribution in [3.05, 3.63) is 48.5 Å². The molecule has 0 aliphatic heterocycles. The number of ether oxygens (including phenoxy) is 1. The minimum atomic E-state index is 0.668. The Kier molecular flexibility index (Phi) is 6.02. The summed E-state index contributed by atoms with van der Waals surface area (Å²) < 4.78 is 9.13. The molecule has 0 heterocycles. The largest absolute Gasteiger partial charge is 0.493 e. The Labute approximate surface area is 131 Å². The van der Waals surface area contributed by atoms with E-state index >= 15 is 0 Å². The van der Waals surface area contributed by atoms with E-state index in [4.69, 9.17) is 16.5 Å². The summed E-state index contributed by atoms with van der Waals surface area (Å²) in [6, 6.07) is 15.7. The van der Waals surface area contributed by atoms with E-state index in [0.717, 1.165) is 28.6 Å². The maximum absolute atomic E-state index is 5.83. The van der Waals surface area contributed by atoms with Crippen molar-refractivity contribution in [1.29, 1.82) is 0 Å². The quantitative estimate of drug-likeness (QED) is 0.369. The van der Waals surface area contributed by atoms with Crippen molar-refractivity contribution in [2.45, 2.75) is 6.42 Å². The lowest BCUT2D eigenvalue weighted by Crippen LogP contribution is -1.99. The highest BCUT2D eigenvalue weighted by Gasteiger charge is 2.07. The molecule has 0 saturated carbocycles. The second kappa shape index (κ2) is 8.02. The molecule has 20 heavy (non-hydrogen) atoms. The van der Waals surface area contributed by atoms with Crippen molar-refractivity contribution in [3.8, 4) is 16.9 Å². The summed E-state index contributed by atoms with van der Waals surface area (Å²) in [7, 11) is 0. The summed E-state index contributed by atoms with van der Waals surface area (Å²) in [5.74, 6) is 0.839. The number of rotatable bonds is 6. The van der Waals surface area contributed by atoms with Crippen LogP contribution in [0.25, 0.3) is 11.1 Å². The van der Waals surface area contributed by atoms with Crippen LogP contribution < -0.4 is 4.74 Å². The van der Waals surface area contributed by atoms with E-state index < -0.39 is 0 Å². The fourth-order valence-corrected chi connectivity index (χ4v) is 2.15. The third kappa shape index (κ3) is 4.05. The van der Waals surface area contributed by atoms with Crippen LogP contribution in [0.15, 0.2) is 58.3 Å². The van der Waals surface area contributed by atoms with E-state index in [1.54, 1.807) is 0 Å². The lowest BCUT2D eigenvalue weighted by atomic mass is 10.0. The average Bonchev–Trinajstić information content (AvgIpc) is 2.50. The second-order valence-electron chi connectivity index (χ2n) is 4.11. The van der Waals surface area contributed by atoms with Gasteiger partial charge in [-0.25, -0.2) is 0 Å².